The molecule has 1 aliphatic rings. The average molecular weight is 258 g/mol. The number of hydrogen-bond donors (Lipinski definition) is 1. The summed E-state index contributed by atoms with van der Waals surface area (Å²) in [6, 6.07) is 6.11. The summed E-state index contributed by atoms with van der Waals surface area (Å²) in [6.07, 6.45) is 5.27. The second-order valence-corrected chi connectivity index (χ2v) is 5.37. The van der Waals surface area contributed by atoms with Gasteiger partial charge in [-0.15, -0.1) is 0 Å². The van der Waals surface area contributed by atoms with E-state index in [4.69, 9.17) is 23.2 Å². The molecule has 1 N–H and O–H groups in total. The van der Waals surface area contributed by atoms with E-state index in [9.17, 15) is 0 Å². The van der Waals surface area contributed by atoms with Crippen molar-refractivity contribution in [3.8, 4) is 0 Å². The molecule has 0 heterocycles. The largest absolute Gasteiger partial charge is 0.313 e. The number of hydrogen-bond acceptors (Lipinski definition) is 1. The number of nitrogens with one attached hydrogen (secondary N) is 1. The van der Waals surface area contributed by atoms with Crippen LogP contribution in [0.15, 0.2) is 18.2 Å². The van der Waals surface area contributed by atoms with Crippen LogP contribution in [-0.4, -0.2) is 7.05 Å². The molecule has 1 aromatic rings. The maximum absolute atomic E-state index is 6.21. The van der Waals surface area contributed by atoms with Gasteiger partial charge in [-0.2, -0.15) is 0 Å². The molecule has 1 nitrogen and oxygen atoms in total. The lowest BCUT2D eigenvalue weighted by atomic mass is 10.0. The molecule has 0 bridgehead atoms. The Kier molecular flexibility index (Phi) is 4.12. The molecule has 1 aromatic carbocycles. The van der Waals surface area contributed by atoms with Gasteiger partial charge in [0.25, 0.3) is 0 Å². The highest BCUT2D eigenvalue weighted by Crippen LogP contribution is 2.37. The van der Waals surface area contributed by atoms with Gasteiger partial charge in [0.15, 0.2) is 0 Å². The Morgan fingerprint density at radius 1 is 1.38 bits per heavy atom. The molecular formula is C13H17Cl2N. The van der Waals surface area contributed by atoms with Crippen molar-refractivity contribution in [2.24, 2.45) is 5.92 Å². The summed E-state index contributed by atoms with van der Waals surface area (Å²) < 4.78 is 0. The Morgan fingerprint density at radius 3 is 2.69 bits per heavy atom. The van der Waals surface area contributed by atoms with Gasteiger partial charge in [0, 0.05) is 16.1 Å². The Bertz CT molecular complexity index is 361. The number of benzene rings is 1. The molecule has 0 amide bonds. The Morgan fingerprint density at radius 2 is 2.12 bits per heavy atom. The first-order valence-corrected chi connectivity index (χ1v) is 6.58. The fraction of sp³-hybridized carbons (Fsp3) is 0.538. The summed E-state index contributed by atoms with van der Waals surface area (Å²) >= 11 is 12.1. The molecule has 0 radical (unpaired) electrons. The van der Waals surface area contributed by atoms with Crippen molar-refractivity contribution in [1.29, 1.82) is 0 Å². The summed E-state index contributed by atoms with van der Waals surface area (Å²) in [7, 11) is 1.99. The van der Waals surface area contributed by atoms with E-state index in [1.807, 2.05) is 25.2 Å². The first-order chi connectivity index (χ1) is 7.70. The van der Waals surface area contributed by atoms with Crippen LogP contribution in [0.1, 0.15) is 37.3 Å². The average Bonchev–Trinajstić information content (AvgIpc) is 3.05. The highest BCUT2D eigenvalue weighted by Gasteiger charge is 2.23. The van der Waals surface area contributed by atoms with Crippen molar-refractivity contribution >= 4 is 23.2 Å². The van der Waals surface area contributed by atoms with Crippen molar-refractivity contribution in [2.75, 3.05) is 7.05 Å². The topological polar surface area (TPSA) is 12.0 Å². The zero-order valence-corrected chi connectivity index (χ0v) is 11.0. The van der Waals surface area contributed by atoms with Crippen LogP contribution in [0.5, 0.6) is 0 Å². The normalized spacial score (nSPS) is 17.4. The monoisotopic (exact) mass is 257 g/mol. The smallest absolute Gasteiger partial charge is 0.0468 e. The van der Waals surface area contributed by atoms with Crippen LogP contribution in [-0.2, 0) is 0 Å². The van der Waals surface area contributed by atoms with Crippen LogP contribution < -0.4 is 5.32 Å². The third-order valence-corrected chi connectivity index (χ3v) is 3.81. The molecule has 0 aromatic heterocycles. The highest BCUT2D eigenvalue weighted by molar-refractivity contribution is 6.35. The SMILES string of the molecule is CNC(CCC1CC1)c1ccc(Cl)cc1Cl. The van der Waals surface area contributed by atoms with Crippen molar-refractivity contribution in [3.63, 3.8) is 0 Å². The minimum absolute atomic E-state index is 0.352. The maximum Gasteiger partial charge on any atom is 0.0468 e. The summed E-state index contributed by atoms with van der Waals surface area (Å²) in [5, 5.41) is 4.80. The molecule has 1 aliphatic carbocycles. The molecule has 1 saturated carbocycles. The molecule has 16 heavy (non-hydrogen) atoms. The second kappa shape index (κ2) is 5.39. The summed E-state index contributed by atoms with van der Waals surface area (Å²) in [5.41, 5.74) is 1.16. The Balaban J connectivity index is 2.05. The summed E-state index contributed by atoms with van der Waals surface area (Å²) in [6.45, 7) is 0. The standard InChI is InChI=1S/C13H17Cl2N/c1-16-13(7-4-9-2-3-9)11-6-5-10(14)8-12(11)15/h5-6,8-9,13,16H,2-4,7H2,1H3. The van der Waals surface area contributed by atoms with Crippen molar-refractivity contribution in [3.05, 3.63) is 33.8 Å². The van der Waals surface area contributed by atoms with E-state index in [0.29, 0.717) is 11.1 Å². The van der Waals surface area contributed by atoms with Gasteiger partial charge >= 0.3 is 0 Å². The third kappa shape index (κ3) is 3.13. The predicted molar refractivity (Wildman–Crippen MR) is 70.2 cm³/mol. The van der Waals surface area contributed by atoms with Gasteiger partial charge in [-0.1, -0.05) is 42.1 Å². The van der Waals surface area contributed by atoms with Gasteiger partial charge in [-0.25, -0.2) is 0 Å². The molecule has 0 aliphatic heterocycles. The number of halogens is 2. The molecule has 2 rings (SSSR count). The van der Waals surface area contributed by atoms with Crippen LogP contribution >= 0.6 is 23.2 Å². The molecule has 3 heteroatoms. The highest BCUT2D eigenvalue weighted by atomic mass is 35.5. The van der Waals surface area contributed by atoms with Crippen molar-refractivity contribution in [2.45, 2.75) is 31.7 Å². The first-order valence-electron chi connectivity index (χ1n) is 5.83. The lowest BCUT2D eigenvalue weighted by Gasteiger charge is -2.18. The van der Waals surface area contributed by atoms with Crippen molar-refractivity contribution in [1.82, 2.24) is 5.32 Å². The van der Waals surface area contributed by atoms with Gasteiger partial charge in [0.05, 0.1) is 0 Å². The third-order valence-electron chi connectivity index (χ3n) is 3.25. The van der Waals surface area contributed by atoms with E-state index >= 15 is 0 Å². The quantitative estimate of drug-likeness (QED) is 0.823. The van der Waals surface area contributed by atoms with Crippen LogP contribution in [0.2, 0.25) is 10.0 Å². The molecular weight excluding hydrogens is 241 g/mol. The van der Waals surface area contributed by atoms with Crippen LogP contribution in [0.3, 0.4) is 0 Å². The zero-order chi connectivity index (χ0) is 11.5. The van der Waals surface area contributed by atoms with Crippen LogP contribution in [0.25, 0.3) is 0 Å². The maximum atomic E-state index is 6.21. The van der Waals surface area contributed by atoms with Gasteiger partial charge in [0.2, 0.25) is 0 Å². The molecule has 88 valence electrons. The summed E-state index contributed by atoms with van der Waals surface area (Å²) in [4.78, 5) is 0. The van der Waals surface area contributed by atoms with E-state index in [1.165, 1.54) is 19.3 Å². The van der Waals surface area contributed by atoms with E-state index in [0.717, 1.165) is 22.9 Å². The Hall–Kier alpha value is -0.240. The fourth-order valence-corrected chi connectivity index (χ4v) is 2.59. The summed E-state index contributed by atoms with van der Waals surface area (Å²) in [5.74, 6) is 0.960. The van der Waals surface area contributed by atoms with Crippen LogP contribution in [0.4, 0.5) is 0 Å². The second-order valence-electron chi connectivity index (χ2n) is 4.53. The molecule has 1 fully saturated rings. The molecule has 0 saturated heterocycles. The number of rotatable bonds is 5. The van der Waals surface area contributed by atoms with Gasteiger partial charge < -0.3 is 5.32 Å². The lowest BCUT2D eigenvalue weighted by Crippen LogP contribution is -2.16. The Labute approximate surface area is 107 Å². The molecule has 0 spiro atoms. The lowest BCUT2D eigenvalue weighted by molar-refractivity contribution is 0.506. The van der Waals surface area contributed by atoms with Crippen LogP contribution in [0, 0.1) is 5.92 Å². The van der Waals surface area contributed by atoms with E-state index in [2.05, 4.69) is 5.32 Å². The first kappa shape index (κ1) is 12.2. The fourth-order valence-electron chi connectivity index (χ4n) is 2.05. The van der Waals surface area contributed by atoms with E-state index in [1.54, 1.807) is 0 Å². The predicted octanol–water partition coefficient (Wildman–Crippen LogP) is 4.44. The molecule has 1 atom stereocenters. The van der Waals surface area contributed by atoms with Crippen molar-refractivity contribution < 1.29 is 0 Å². The van der Waals surface area contributed by atoms with Gasteiger partial charge in [0.1, 0.15) is 0 Å². The zero-order valence-electron chi connectivity index (χ0n) is 9.47. The minimum Gasteiger partial charge on any atom is -0.313 e. The minimum atomic E-state index is 0.352. The van der Waals surface area contributed by atoms with E-state index < -0.39 is 0 Å². The molecule has 1 unspecified atom stereocenters. The van der Waals surface area contributed by atoms with Gasteiger partial charge in [-0.3, -0.25) is 0 Å². The van der Waals surface area contributed by atoms with Gasteiger partial charge in [-0.05, 0) is 43.5 Å². The van der Waals surface area contributed by atoms with E-state index in [-0.39, 0.29) is 0 Å².